The van der Waals surface area contributed by atoms with E-state index in [4.69, 9.17) is 9.16 Å². The van der Waals surface area contributed by atoms with Gasteiger partial charge in [0.2, 0.25) is 8.32 Å². The topological polar surface area (TPSA) is 35.5 Å². The van der Waals surface area contributed by atoms with Crippen LogP contribution in [0.1, 0.15) is 15.9 Å². The van der Waals surface area contributed by atoms with Crippen molar-refractivity contribution in [3.05, 3.63) is 27.7 Å². The normalized spacial score (nSPS) is 11.2. The highest BCUT2D eigenvalue weighted by atomic mass is 79.9. The molecule has 0 saturated carbocycles. The predicted molar refractivity (Wildman–Crippen MR) is 74.2 cm³/mol. The average molecular weight is 317 g/mol. The van der Waals surface area contributed by atoms with Crippen molar-refractivity contribution in [2.45, 2.75) is 26.6 Å². The number of halogens is 1. The van der Waals surface area contributed by atoms with Crippen LogP contribution in [-0.2, 0) is 4.74 Å². The van der Waals surface area contributed by atoms with Gasteiger partial charge in [0.05, 0.1) is 7.11 Å². The fraction of sp³-hybridized carbons (Fsp3) is 0.417. The van der Waals surface area contributed by atoms with Crippen molar-refractivity contribution >= 4 is 30.2 Å². The van der Waals surface area contributed by atoms with E-state index in [1.807, 2.05) is 13.0 Å². The Balaban J connectivity index is 3.30. The summed E-state index contributed by atoms with van der Waals surface area (Å²) in [6.45, 7) is 8.16. The molecule has 0 heterocycles. The molecule has 0 saturated heterocycles. The van der Waals surface area contributed by atoms with Crippen LogP contribution in [0.5, 0.6) is 5.75 Å². The highest BCUT2D eigenvalue weighted by Crippen LogP contribution is 2.30. The Morgan fingerprint density at radius 1 is 1.29 bits per heavy atom. The maximum absolute atomic E-state index is 11.7. The van der Waals surface area contributed by atoms with Crippen molar-refractivity contribution < 1.29 is 14.0 Å². The molecule has 0 aliphatic rings. The average Bonchev–Trinajstić information content (AvgIpc) is 2.19. The molecule has 1 rings (SSSR count). The van der Waals surface area contributed by atoms with Gasteiger partial charge in [0.15, 0.2) is 0 Å². The Kier molecular flexibility index (Phi) is 4.38. The molecule has 0 aliphatic heterocycles. The number of carbonyl (C=O) groups excluding carboxylic acids is 1. The van der Waals surface area contributed by atoms with E-state index in [-0.39, 0.29) is 5.97 Å². The minimum atomic E-state index is -1.76. The predicted octanol–water partition coefficient (Wildman–Crippen LogP) is 3.76. The molecule has 0 aliphatic carbocycles. The molecule has 3 nitrogen and oxygen atoms in total. The van der Waals surface area contributed by atoms with Crippen LogP contribution in [0.3, 0.4) is 0 Å². The lowest BCUT2D eigenvalue weighted by atomic mass is 10.1. The highest BCUT2D eigenvalue weighted by molar-refractivity contribution is 9.10. The van der Waals surface area contributed by atoms with Gasteiger partial charge >= 0.3 is 5.97 Å². The first kappa shape index (κ1) is 14.2. The van der Waals surface area contributed by atoms with Crippen LogP contribution in [0.2, 0.25) is 19.6 Å². The summed E-state index contributed by atoms with van der Waals surface area (Å²) in [5.41, 5.74) is 1.41. The zero-order valence-corrected chi connectivity index (χ0v) is 13.3. The van der Waals surface area contributed by atoms with Crippen LogP contribution >= 0.6 is 15.9 Å². The van der Waals surface area contributed by atoms with Crippen LogP contribution in [0.25, 0.3) is 0 Å². The first-order valence-electron chi connectivity index (χ1n) is 5.32. The van der Waals surface area contributed by atoms with Crippen LogP contribution < -0.4 is 4.43 Å². The van der Waals surface area contributed by atoms with Gasteiger partial charge in [0.25, 0.3) is 0 Å². The molecule has 0 atom stereocenters. The zero-order valence-electron chi connectivity index (χ0n) is 10.8. The molecule has 0 unspecified atom stereocenters. The largest absolute Gasteiger partial charge is 0.544 e. The molecule has 0 fully saturated rings. The van der Waals surface area contributed by atoms with Gasteiger partial charge in [-0.1, -0.05) is 15.9 Å². The van der Waals surface area contributed by atoms with Gasteiger partial charge in [-0.25, -0.2) is 4.79 Å². The molecule has 94 valence electrons. The number of benzene rings is 1. The lowest BCUT2D eigenvalue weighted by Crippen LogP contribution is -2.30. The van der Waals surface area contributed by atoms with E-state index in [1.54, 1.807) is 6.07 Å². The van der Waals surface area contributed by atoms with Crippen molar-refractivity contribution in [3.8, 4) is 5.75 Å². The second-order valence-electron chi connectivity index (χ2n) is 4.81. The zero-order chi connectivity index (χ0) is 13.2. The number of rotatable bonds is 3. The van der Waals surface area contributed by atoms with E-state index >= 15 is 0 Å². The minimum absolute atomic E-state index is 0.373. The van der Waals surface area contributed by atoms with Crippen molar-refractivity contribution in [3.63, 3.8) is 0 Å². The molecular formula is C12H17BrO3Si. The molecule has 0 spiro atoms. The molecule has 0 aromatic heterocycles. The first-order valence-corrected chi connectivity index (χ1v) is 9.52. The molecule has 17 heavy (non-hydrogen) atoms. The molecule has 0 amide bonds. The molecule has 1 aromatic carbocycles. The SMILES string of the molecule is COC(=O)c1cc(Br)cc(C)c1O[Si](C)(C)C. The van der Waals surface area contributed by atoms with E-state index in [0.29, 0.717) is 11.3 Å². The molecule has 0 N–H and O–H groups in total. The molecule has 0 bridgehead atoms. The molecule has 1 aromatic rings. The Morgan fingerprint density at radius 3 is 2.35 bits per heavy atom. The smallest absolute Gasteiger partial charge is 0.341 e. The number of hydrogen-bond acceptors (Lipinski definition) is 3. The second kappa shape index (κ2) is 5.22. The van der Waals surface area contributed by atoms with Crippen LogP contribution in [0, 0.1) is 6.92 Å². The minimum Gasteiger partial charge on any atom is -0.544 e. The number of aryl methyl sites for hydroxylation is 1. The summed E-state index contributed by atoms with van der Waals surface area (Å²) in [5.74, 6) is 0.266. The lowest BCUT2D eigenvalue weighted by Gasteiger charge is -2.23. The Bertz CT molecular complexity index is 438. The summed E-state index contributed by atoms with van der Waals surface area (Å²) in [5, 5.41) is 0. The van der Waals surface area contributed by atoms with Gasteiger partial charge in [0.1, 0.15) is 11.3 Å². The fourth-order valence-electron chi connectivity index (χ4n) is 1.43. The number of carbonyl (C=O) groups is 1. The summed E-state index contributed by atoms with van der Waals surface area (Å²) < 4.78 is 11.6. The van der Waals surface area contributed by atoms with Crippen molar-refractivity contribution in [2.75, 3.05) is 7.11 Å². The van der Waals surface area contributed by atoms with Crippen molar-refractivity contribution in [2.24, 2.45) is 0 Å². The number of hydrogen-bond donors (Lipinski definition) is 0. The number of ether oxygens (including phenoxy) is 1. The summed E-state index contributed by atoms with van der Waals surface area (Å²) in [4.78, 5) is 11.7. The standard InChI is InChI=1S/C12H17BrO3Si/c1-8-6-9(13)7-10(12(14)15-2)11(8)16-17(3,4)5/h6-7H,1-5H3. The van der Waals surface area contributed by atoms with E-state index in [0.717, 1.165) is 10.0 Å². The van der Waals surface area contributed by atoms with Gasteiger partial charge in [-0.15, -0.1) is 0 Å². The number of methoxy groups -OCH3 is 1. The first-order chi connectivity index (χ1) is 7.74. The van der Waals surface area contributed by atoms with E-state index in [1.165, 1.54) is 7.11 Å². The van der Waals surface area contributed by atoms with E-state index in [2.05, 4.69) is 35.6 Å². The maximum atomic E-state index is 11.7. The third-order valence-corrected chi connectivity index (χ3v) is 3.33. The van der Waals surface area contributed by atoms with Crippen molar-refractivity contribution in [1.29, 1.82) is 0 Å². The van der Waals surface area contributed by atoms with Gasteiger partial charge < -0.3 is 9.16 Å². The second-order valence-corrected chi connectivity index (χ2v) is 10.1. The summed E-state index contributed by atoms with van der Waals surface area (Å²) in [6, 6.07) is 3.66. The Morgan fingerprint density at radius 2 is 1.88 bits per heavy atom. The van der Waals surface area contributed by atoms with Crippen LogP contribution in [0.4, 0.5) is 0 Å². The van der Waals surface area contributed by atoms with Crippen LogP contribution in [-0.4, -0.2) is 21.4 Å². The number of esters is 1. The van der Waals surface area contributed by atoms with E-state index < -0.39 is 8.32 Å². The Labute approximate surface area is 111 Å². The summed E-state index contributed by atoms with van der Waals surface area (Å²) in [7, 11) is -0.388. The monoisotopic (exact) mass is 316 g/mol. The Hall–Kier alpha value is -0.813. The summed E-state index contributed by atoms with van der Waals surface area (Å²) in [6.07, 6.45) is 0. The van der Waals surface area contributed by atoms with Gasteiger partial charge in [0, 0.05) is 4.47 Å². The lowest BCUT2D eigenvalue weighted by molar-refractivity contribution is 0.0598. The van der Waals surface area contributed by atoms with Crippen LogP contribution in [0.15, 0.2) is 16.6 Å². The highest BCUT2D eigenvalue weighted by Gasteiger charge is 2.23. The van der Waals surface area contributed by atoms with Gasteiger partial charge in [-0.2, -0.15) is 0 Å². The molecule has 0 radical (unpaired) electrons. The van der Waals surface area contributed by atoms with Gasteiger partial charge in [-0.3, -0.25) is 0 Å². The van der Waals surface area contributed by atoms with Gasteiger partial charge in [-0.05, 0) is 44.3 Å². The fourth-order valence-corrected chi connectivity index (χ4v) is 2.89. The quantitative estimate of drug-likeness (QED) is 0.629. The molecular weight excluding hydrogens is 300 g/mol. The van der Waals surface area contributed by atoms with E-state index in [9.17, 15) is 4.79 Å². The summed E-state index contributed by atoms with van der Waals surface area (Å²) >= 11 is 3.37. The molecule has 5 heteroatoms. The maximum Gasteiger partial charge on any atom is 0.341 e. The third-order valence-electron chi connectivity index (χ3n) is 2.05. The van der Waals surface area contributed by atoms with Crippen molar-refractivity contribution in [1.82, 2.24) is 0 Å². The third kappa shape index (κ3) is 3.85.